The molecule has 1 nitrogen and oxygen atoms in total. The zero-order valence-corrected chi connectivity index (χ0v) is 5.49. The number of hydrogen-bond acceptors (Lipinski definition) is 1. The highest BCUT2D eigenvalue weighted by molar-refractivity contribution is 5.04. The van der Waals surface area contributed by atoms with Gasteiger partial charge in [0.25, 0.3) is 11.8 Å². The van der Waals surface area contributed by atoms with Crippen molar-refractivity contribution in [3.05, 3.63) is 0 Å². The third-order valence-electron chi connectivity index (χ3n) is 1.87. The molecule has 2 aliphatic rings. The van der Waals surface area contributed by atoms with Gasteiger partial charge in [0.1, 0.15) is 12.2 Å². The Hall–Kier alpha value is -0.320. The molecule has 0 amide bonds. The van der Waals surface area contributed by atoms with E-state index in [2.05, 4.69) is 4.74 Å². The molecule has 0 aromatic carbocycles. The summed E-state index contributed by atoms with van der Waals surface area (Å²) in [5, 5.41) is 0. The fourth-order valence-electron chi connectivity index (χ4n) is 0.870. The van der Waals surface area contributed by atoms with Crippen molar-refractivity contribution in [2.75, 3.05) is 0 Å². The van der Waals surface area contributed by atoms with Gasteiger partial charge in [-0.1, -0.05) is 0 Å². The molecule has 64 valence electrons. The predicted molar refractivity (Wildman–Crippen MR) is 27.8 cm³/mol. The van der Waals surface area contributed by atoms with Crippen LogP contribution in [0.25, 0.3) is 0 Å². The second kappa shape index (κ2) is 1.71. The van der Waals surface area contributed by atoms with Gasteiger partial charge in [0.05, 0.1) is 0 Å². The third kappa shape index (κ3) is 1.21. The van der Waals surface area contributed by atoms with Crippen LogP contribution in [-0.2, 0) is 4.74 Å². The van der Waals surface area contributed by atoms with Crippen LogP contribution in [0.2, 0.25) is 0 Å². The summed E-state index contributed by atoms with van der Waals surface area (Å²) in [4.78, 5) is 0. The van der Waals surface area contributed by atoms with Crippen molar-refractivity contribution in [1.29, 1.82) is 0 Å². The molecule has 2 rings (SSSR count). The highest BCUT2D eigenvalue weighted by Gasteiger charge is 2.66. The summed E-state index contributed by atoms with van der Waals surface area (Å²) >= 11 is 0. The molecule has 0 aliphatic heterocycles. The van der Waals surface area contributed by atoms with E-state index in [0.29, 0.717) is 0 Å². The van der Waals surface area contributed by atoms with Crippen LogP contribution in [0.15, 0.2) is 0 Å². The molecule has 2 saturated carbocycles. The van der Waals surface area contributed by atoms with E-state index in [1.165, 1.54) is 0 Å². The number of hydrogen-bond donors (Lipinski definition) is 0. The molecule has 0 heterocycles. The molecule has 0 aromatic rings. The standard InChI is InChI=1S/C6H6F4O/c7-5(8)1-3(5)11-4-2-6(4,9)10/h3-4H,1-2H2. The highest BCUT2D eigenvalue weighted by Crippen LogP contribution is 2.52. The van der Waals surface area contributed by atoms with Crippen LogP contribution in [0.1, 0.15) is 12.8 Å². The first kappa shape index (κ1) is 7.34. The molecular weight excluding hydrogens is 164 g/mol. The number of halogens is 4. The summed E-state index contributed by atoms with van der Waals surface area (Å²) in [7, 11) is 0. The van der Waals surface area contributed by atoms with E-state index in [1.54, 1.807) is 0 Å². The summed E-state index contributed by atoms with van der Waals surface area (Å²) in [5.41, 5.74) is 0. The van der Waals surface area contributed by atoms with Gasteiger partial charge in [-0.2, -0.15) is 0 Å². The van der Waals surface area contributed by atoms with Crippen LogP contribution >= 0.6 is 0 Å². The maximum atomic E-state index is 12.1. The lowest BCUT2D eigenvalue weighted by Gasteiger charge is -1.99. The summed E-state index contributed by atoms with van der Waals surface area (Å²) in [6.07, 6.45) is -3.30. The lowest BCUT2D eigenvalue weighted by Crippen LogP contribution is -2.10. The van der Waals surface area contributed by atoms with E-state index in [0.717, 1.165) is 0 Å². The van der Waals surface area contributed by atoms with Gasteiger partial charge in [0, 0.05) is 12.8 Å². The molecule has 0 saturated heterocycles. The van der Waals surface area contributed by atoms with Crippen LogP contribution in [-0.4, -0.2) is 24.1 Å². The Kier molecular flexibility index (Phi) is 1.14. The molecule has 2 aliphatic carbocycles. The molecule has 0 aromatic heterocycles. The van der Waals surface area contributed by atoms with Crippen molar-refractivity contribution in [2.24, 2.45) is 0 Å². The first-order chi connectivity index (χ1) is 4.92. The first-order valence-corrected chi connectivity index (χ1v) is 3.33. The van der Waals surface area contributed by atoms with Gasteiger partial charge in [0.15, 0.2) is 0 Å². The monoisotopic (exact) mass is 170 g/mol. The van der Waals surface area contributed by atoms with Crippen LogP contribution < -0.4 is 0 Å². The minimum atomic E-state index is -2.85. The molecular formula is C6H6F4O. The van der Waals surface area contributed by atoms with Gasteiger partial charge < -0.3 is 4.74 Å². The maximum Gasteiger partial charge on any atom is 0.276 e. The fraction of sp³-hybridized carbons (Fsp3) is 1.00. The van der Waals surface area contributed by atoms with Gasteiger partial charge >= 0.3 is 0 Å². The average molecular weight is 170 g/mol. The molecule has 11 heavy (non-hydrogen) atoms. The van der Waals surface area contributed by atoms with Crippen molar-refractivity contribution in [3.8, 4) is 0 Å². The largest absolute Gasteiger partial charge is 0.362 e. The SMILES string of the molecule is FC1(F)CC1OC1CC1(F)F. The van der Waals surface area contributed by atoms with Gasteiger partial charge in [-0.05, 0) is 0 Å². The van der Waals surface area contributed by atoms with Crippen molar-refractivity contribution in [3.63, 3.8) is 0 Å². The van der Waals surface area contributed by atoms with E-state index in [4.69, 9.17) is 0 Å². The first-order valence-electron chi connectivity index (χ1n) is 3.33. The molecule has 0 bridgehead atoms. The van der Waals surface area contributed by atoms with Crippen molar-refractivity contribution in [2.45, 2.75) is 36.9 Å². The molecule has 2 fully saturated rings. The second-order valence-corrected chi connectivity index (χ2v) is 3.04. The Morgan fingerprint density at radius 1 is 0.909 bits per heavy atom. The summed E-state index contributed by atoms with van der Waals surface area (Å²) in [5.74, 6) is -5.70. The Bertz CT molecular complexity index is 171. The smallest absolute Gasteiger partial charge is 0.276 e. The van der Waals surface area contributed by atoms with Crippen LogP contribution in [0.5, 0.6) is 0 Å². The number of ether oxygens (including phenoxy) is 1. The van der Waals surface area contributed by atoms with Crippen LogP contribution in [0.3, 0.4) is 0 Å². The van der Waals surface area contributed by atoms with Gasteiger partial charge in [-0.25, -0.2) is 17.6 Å². The van der Waals surface area contributed by atoms with Gasteiger partial charge in [0.2, 0.25) is 0 Å². The van der Waals surface area contributed by atoms with Crippen molar-refractivity contribution < 1.29 is 22.3 Å². The van der Waals surface area contributed by atoms with E-state index in [1.807, 2.05) is 0 Å². The Balaban J connectivity index is 1.79. The fourth-order valence-corrected chi connectivity index (χ4v) is 0.870. The molecule has 0 spiro atoms. The summed E-state index contributed by atoms with van der Waals surface area (Å²) in [6.45, 7) is 0. The summed E-state index contributed by atoms with van der Waals surface area (Å²) in [6, 6.07) is 0. The number of alkyl halides is 4. The molecule has 2 atom stereocenters. The van der Waals surface area contributed by atoms with E-state index >= 15 is 0 Å². The quantitative estimate of drug-likeness (QED) is 0.574. The lowest BCUT2D eigenvalue weighted by atomic mass is 10.7. The van der Waals surface area contributed by atoms with E-state index < -0.39 is 36.9 Å². The molecule has 0 N–H and O–H groups in total. The molecule has 2 unspecified atom stereocenters. The maximum absolute atomic E-state index is 12.1. The Labute approximate surface area is 60.3 Å². The minimum Gasteiger partial charge on any atom is -0.362 e. The van der Waals surface area contributed by atoms with Gasteiger partial charge in [-0.3, -0.25) is 0 Å². The second-order valence-electron chi connectivity index (χ2n) is 3.04. The normalized spacial score (nSPS) is 43.6. The van der Waals surface area contributed by atoms with Gasteiger partial charge in [-0.15, -0.1) is 0 Å². The average Bonchev–Trinajstić information content (AvgIpc) is 2.54. The molecule has 0 radical (unpaired) electrons. The molecule has 5 heteroatoms. The Morgan fingerprint density at radius 3 is 1.36 bits per heavy atom. The topological polar surface area (TPSA) is 9.23 Å². The van der Waals surface area contributed by atoms with Crippen molar-refractivity contribution >= 4 is 0 Å². The Morgan fingerprint density at radius 2 is 1.18 bits per heavy atom. The van der Waals surface area contributed by atoms with E-state index in [-0.39, 0.29) is 0 Å². The predicted octanol–water partition coefficient (Wildman–Crippen LogP) is 1.82. The highest BCUT2D eigenvalue weighted by atomic mass is 19.3. The zero-order chi connectivity index (χ0) is 8.28. The third-order valence-corrected chi connectivity index (χ3v) is 1.87. The minimum absolute atomic E-state index is 0.403. The van der Waals surface area contributed by atoms with Crippen LogP contribution in [0.4, 0.5) is 17.6 Å². The summed E-state index contributed by atoms with van der Waals surface area (Å²) < 4.78 is 52.7. The van der Waals surface area contributed by atoms with E-state index in [9.17, 15) is 17.6 Å². The van der Waals surface area contributed by atoms with Crippen LogP contribution in [0, 0.1) is 0 Å². The number of rotatable bonds is 2. The lowest BCUT2D eigenvalue weighted by molar-refractivity contribution is -0.0347. The van der Waals surface area contributed by atoms with Crippen molar-refractivity contribution in [1.82, 2.24) is 0 Å². The zero-order valence-electron chi connectivity index (χ0n) is 5.49.